The van der Waals surface area contributed by atoms with Gasteiger partial charge in [-0.2, -0.15) is 0 Å². The van der Waals surface area contributed by atoms with Crippen LogP contribution in [0.4, 0.5) is 14.9 Å². The standard InChI is InChI=1S/C64H88FN9O6/c1-9-73-54-19-18-45-32-49(54)51(57(73)50-33-48(36-66-55(50)41(2)3)70-27-26-69-22-12-16-47(69)37-70)34-63(7,8)40-79-60(77)52-17-13-23-74(68-52)59(76)53(31-42-28-43(35-65)30-46(45)29-42)67-58(75)56(44-14-10-11-15-44)71-24-20-64(38-71)21-25-72(39-64)61(78)80-62(4,5)6/h18-19,28-30,32-33,36,41,44,47,52-53,56,68H,9-17,20-27,31,34-35,37-40H2,1-8H3,(H,67,75)/t47-,52+,53+,56+,64+/m1/s1. The fraction of sp³-hybridized carbons (Fsp3) is 0.641. The Balaban J connectivity index is 0.968. The minimum absolute atomic E-state index is 0.105. The summed E-state index contributed by atoms with van der Waals surface area (Å²) >= 11 is 0. The molecule has 1 saturated carbocycles. The number of nitrogens with one attached hydrogen (secondary N) is 2. The average molecular weight is 1100 g/mol. The first-order chi connectivity index (χ1) is 38.3. The predicted octanol–water partition coefficient (Wildman–Crippen LogP) is 9.81. The number of benzene rings is 2. The number of fused-ring (bicyclic) bond motifs is 7. The molecule has 8 heterocycles. The number of hydrogen-bond acceptors (Lipinski definition) is 11. The zero-order valence-electron chi connectivity index (χ0n) is 49.0. The van der Waals surface area contributed by atoms with Gasteiger partial charge in [-0.1, -0.05) is 58.7 Å². The van der Waals surface area contributed by atoms with Crippen molar-refractivity contribution in [3.05, 3.63) is 71.0 Å². The van der Waals surface area contributed by atoms with Crippen LogP contribution in [-0.4, -0.2) is 148 Å². The van der Waals surface area contributed by atoms with Crippen molar-refractivity contribution in [2.24, 2.45) is 16.7 Å². The molecule has 6 bridgehead atoms. The smallest absolute Gasteiger partial charge is 0.410 e. The Kier molecular flexibility index (Phi) is 15.9. The van der Waals surface area contributed by atoms with Gasteiger partial charge in [0.25, 0.3) is 5.91 Å². The number of halogens is 1. The van der Waals surface area contributed by atoms with Crippen LogP contribution in [0.3, 0.4) is 0 Å². The molecule has 2 aromatic heterocycles. The number of hydrazine groups is 1. The van der Waals surface area contributed by atoms with Crippen molar-refractivity contribution in [1.29, 1.82) is 0 Å². The molecule has 5 saturated heterocycles. The van der Waals surface area contributed by atoms with Crippen LogP contribution in [-0.2, 0) is 49.9 Å². The molecule has 16 heteroatoms. The Hall–Kier alpha value is -5.58. The van der Waals surface area contributed by atoms with Crippen molar-refractivity contribution < 1.29 is 33.0 Å². The van der Waals surface area contributed by atoms with Crippen LogP contribution in [0, 0.1) is 16.7 Å². The fourth-order valence-corrected chi connectivity index (χ4v) is 14.9. The molecule has 4 aromatic rings. The molecule has 7 aliphatic rings. The lowest BCUT2D eigenvalue weighted by Gasteiger charge is -2.39. The highest BCUT2D eigenvalue weighted by Gasteiger charge is 2.50. The molecule has 432 valence electrons. The zero-order chi connectivity index (χ0) is 56.3. The van der Waals surface area contributed by atoms with E-state index in [1.54, 1.807) is 0 Å². The summed E-state index contributed by atoms with van der Waals surface area (Å²) in [4.78, 5) is 72.7. The summed E-state index contributed by atoms with van der Waals surface area (Å²) in [5.74, 6) is -0.713. The molecule has 2 N–H and O–H groups in total. The summed E-state index contributed by atoms with van der Waals surface area (Å²) in [5, 5.41) is 5.91. The average Bonchev–Trinajstić information content (AvgIpc) is 4.33. The Morgan fingerprint density at radius 1 is 0.912 bits per heavy atom. The number of aromatic nitrogens is 2. The third kappa shape index (κ3) is 11.6. The number of aryl methyl sites for hydroxylation is 1. The minimum atomic E-state index is -1.03. The largest absolute Gasteiger partial charge is 0.464 e. The maximum absolute atomic E-state index is 15.3. The van der Waals surface area contributed by atoms with E-state index in [2.05, 4.69) is 101 Å². The summed E-state index contributed by atoms with van der Waals surface area (Å²) < 4.78 is 29.8. The lowest BCUT2D eigenvalue weighted by atomic mass is 9.83. The van der Waals surface area contributed by atoms with Crippen LogP contribution in [0.25, 0.3) is 33.3 Å². The lowest BCUT2D eigenvalue weighted by Crippen LogP contribution is -2.62. The number of carbonyl (C=O) groups excluding carboxylic acids is 4. The van der Waals surface area contributed by atoms with Gasteiger partial charge in [0.1, 0.15) is 24.4 Å². The summed E-state index contributed by atoms with van der Waals surface area (Å²) in [6.07, 6.45) is 11.6. The monoisotopic (exact) mass is 1100 g/mol. The molecular formula is C64H88FN9O6. The van der Waals surface area contributed by atoms with Crippen molar-refractivity contribution in [3.8, 4) is 22.4 Å². The molecule has 1 spiro atoms. The SMILES string of the molecule is CCn1c(-c2cc(N3CCN4CCC[C@@H]4C3)cnc2C(C)C)c2c3cc(ccc31)-c1cc(CF)cc(c1)C[C@H](NC(=O)[C@H](C1CCCC1)N1CC[C@]3(CCN(C(=O)OC(C)(C)C)C3)C1)C(=O)N1CCC[C@H](N1)C(=O)OCC(C)(C)C2. The van der Waals surface area contributed by atoms with Gasteiger partial charge < -0.3 is 29.2 Å². The number of amides is 3. The molecule has 3 amide bonds. The topological polar surface area (TPSA) is 145 Å². The van der Waals surface area contributed by atoms with Gasteiger partial charge in [0.2, 0.25) is 5.91 Å². The van der Waals surface area contributed by atoms with E-state index in [0.717, 1.165) is 114 Å². The molecule has 80 heavy (non-hydrogen) atoms. The second kappa shape index (κ2) is 22.6. The van der Waals surface area contributed by atoms with Crippen molar-refractivity contribution >= 4 is 40.5 Å². The summed E-state index contributed by atoms with van der Waals surface area (Å²) in [7, 11) is 0. The van der Waals surface area contributed by atoms with Crippen LogP contribution >= 0.6 is 0 Å². The number of anilines is 1. The van der Waals surface area contributed by atoms with Gasteiger partial charge in [0.15, 0.2) is 0 Å². The highest BCUT2D eigenvalue weighted by molar-refractivity contribution is 5.96. The second-order valence-electron chi connectivity index (χ2n) is 26.9. The molecule has 6 fully saturated rings. The normalized spacial score (nSPS) is 25.6. The van der Waals surface area contributed by atoms with E-state index >= 15 is 14.0 Å². The number of hydrogen-bond donors (Lipinski definition) is 2. The van der Waals surface area contributed by atoms with Crippen molar-refractivity contribution in [1.82, 2.24) is 40.0 Å². The van der Waals surface area contributed by atoms with Crippen molar-refractivity contribution in [2.45, 2.75) is 181 Å². The lowest BCUT2D eigenvalue weighted by molar-refractivity contribution is -0.155. The van der Waals surface area contributed by atoms with Gasteiger partial charge in [-0.05, 0) is 162 Å². The van der Waals surface area contributed by atoms with Gasteiger partial charge in [-0.3, -0.25) is 34.2 Å². The number of piperazine rings is 1. The molecule has 1 aliphatic carbocycles. The Labute approximate surface area is 473 Å². The Morgan fingerprint density at radius 2 is 1.70 bits per heavy atom. The van der Waals surface area contributed by atoms with Gasteiger partial charge in [0.05, 0.1) is 35.9 Å². The number of carbonyl (C=O) groups is 4. The molecule has 6 aliphatic heterocycles. The maximum atomic E-state index is 15.3. The Bertz CT molecular complexity index is 2980. The van der Waals surface area contributed by atoms with Crippen LogP contribution < -0.4 is 15.6 Å². The van der Waals surface area contributed by atoms with E-state index in [0.29, 0.717) is 70.1 Å². The number of cyclic esters (lactones) is 1. The third-order valence-electron chi connectivity index (χ3n) is 18.8. The van der Waals surface area contributed by atoms with E-state index in [1.807, 2.05) is 37.8 Å². The van der Waals surface area contributed by atoms with Gasteiger partial charge >= 0.3 is 12.1 Å². The summed E-state index contributed by atoms with van der Waals surface area (Å²) in [6.45, 7) is 23.8. The van der Waals surface area contributed by atoms with Gasteiger partial charge in [-0.25, -0.2) is 14.6 Å². The van der Waals surface area contributed by atoms with Crippen LogP contribution in [0.15, 0.2) is 48.7 Å². The van der Waals surface area contributed by atoms with Crippen LogP contribution in [0.5, 0.6) is 0 Å². The van der Waals surface area contributed by atoms with Crippen molar-refractivity contribution in [2.75, 3.05) is 70.4 Å². The highest BCUT2D eigenvalue weighted by Crippen LogP contribution is 2.45. The molecule has 0 unspecified atom stereocenters. The fourth-order valence-electron chi connectivity index (χ4n) is 14.9. The number of pyridine rings is 1. The minimum Gasteiger partial charge on any atom is -0.464 e. The number of alkyl halides is 1. The van der Waals surface area contributed by atoms with E-state index in [-0.39, 0.29) is 48.2 Å². The van der Waals surface area contributed by atoms with E-state index < -0.39 is 41.8 Å². The van der Waals surface area contributed by atoms with Gasteiger partial charge in [0, 0.05) is 92.1 Å². The summed E-state index contributed by atoms with van der Waals surface area (Å²) in [5.41, 5.74) is 11.6. The van der Waals surface area contributed by atoms with E-state index in [9.17, 15) is 9.59 Å². The molecule has 2 aromatic carbocycles. The number of ether oxygens (including phenoxy) is 2. The number of rotatable bonds is 9. The quantitative estimate of drug-likeness (QED) is 0.155. The highest BCUT2D eigenvalue weighted by atomic mass is 19.1. The molecular weight excluding hydrogens is 1010 g/mol. The second-order valence-corrected chi connectivity index (χ2v) is 26.9. The van der Waals surface area contributed by atoms with Gasteiger partial charge in [-0.15, -0.1) is 0 Å². The number of esters is 1. The first-order valence-electron chi connectivity index (χ1n) is 30.4. The zero-order valence-corrected chi connectivity index (χ0v) is 49.0. The molecule has 15 nitrogen and oxygen atoms in total. The van der Waals surface area contributed by atoms with E-state index in [4.69, 9.17) is 14.5 Å². The molecule has 0 radical (unpaired) electrons. The number of likely N-dealkylation sites (tertiary alicyclic amines) is 2. The molecule has 5 atom stereocenters. The van der Waals surface area contributed by atoms with E-state index in [1.165, 1.54) is 24.4 Å². The predicted molar refractivity (Wildman–Crippen MR) is 311 cm³/mol. The van der Waals surface area contributed by atoms with Crippen LogP contribution in [0.1, 0.15) is 148 Å². The summed E-state index contributed by atoms with van der Waals surface area (Å²) in [6, 6.07) is 13.0. The first-order valence-corrected chi connectivity index (χ1v) is 30.4. The van der Waals surface area contributed by atoms with Crippen molar-refractivity contribution in [3.63, 3.8) is 0 Å². The molecule has 11 rings (SSSR count). The first kappa shape index (κ1) is 56.3. The number of nitrogens with zero attached hydrogens (tertiary/aromatic N) is 7. The Morgan fingerprint density at radius 3 is 2.46 bits per heavy atom. The maximum Gasteiger partial charge on any atom is 0.410 e. The van der Waals surface area contributed by atoms with Crippen LogP contribution in [0.2, 0.25) is 0 Å². The third-order valence-corrected chi connectivity index (χ3v) is 18.8.